The molecule has 0 aliphatic heterocycles. The van der Waals surface area contributed by atoms with E-state index in [0.717, 1.165) is 12.8 Å². The summed E-state index contributed by atoms with van der Waals surface area (Å²) in [6.07, 6.45) is 23.1. The second-order valence-electron chi connectivity index (χ2n) is 22.1. The zero-order chi connectivity index (χ0) is 49.4. The first-order valence-corrected chi connectivity index (χ1v) is 28.8. The van der Waals surface area contributed by atoms with E-state index < -0.39 is 0 Å². The Labute approximate surface area is 430 Å². The van der Waals surface area contributed by atoms with Gasteiger partial charge in [-0.05, 0) is 174 Å². The number of hydrogen-bond acceptors (Lipinski definition) is 0. The predicted molar refractivity (Wildman–Crippen MR) is 322 cm³/mol. The fourth-order valence-electron chi connectivity index (χ4n) is 14.4. The minimum atomic E-state index is 0.109. The summed E-state index contributed by atoms with van der Waals surface area (Å²) in [5, 5.41) is 27.4. The van der Waals surface area contributed by atoms with Gasteiger partial charge in [-0.2, -0.15) is 0 Å². The van der Waals surface area contributed by atoms with E-state index >= 15 is 0 Å². The van der Waals surface area contributed by atoms with Gasteiger partial charge in [0.05, 0.1) is 0 Å². The number of rotatable bonds is 20. The Morgan fingerprint density at radius 1 is 0.250 bits per heavy atom. The third kappa shape index (κ3) is 7.93. The Hall–Kier alpha value is -5.98. The van der Waals surface area contributed by atoms with E-state index in [4.69, 9.17) is 0 Å². The van der Waals surface area contributed by atoms with E-state index in [9.17, 15) is 0 Å². The zero-order valence-electron chi connectivity index (χ0n) is 44.6. The van der Waals surface area contributed by atoms with Crippen molar-refractivity contribution in [3.8, 4) is 0 Å². The van der Waals surface area contributed by atoms with Crippen molar-refractivity contribution in [2.45, 2.75) is 168 Å². The molecule has 0 heteroatoms. The minimum absolute atomic E-state index is 0.109. The van der Waals surface area contributed by atoms with E-state index in [-0.39, 0.29) is 10.8 Å². The number of fused-ring (bicyclic) bond motifs is 23. The molecule has 0 amide bonds. The standard InChI is InChI=1S/C72H78/c1-7-13-15-17-19-29-45-71(9-3,10-4)50-40-43-52-49(47-50)39-42-61-55-33-23-26-36-58(55)67-68-60-38-28-27-37-59(60)65-56-34-24-21-31-53(56)54-32-22-25-35-57(54)66(65)69(68)62-44-41-51(48-63(62)70(67)64(52)61)72(11-5,12-6)46-30-20-18-16-14-8-2/h21-28,31-44,47-48H,7-20,29-30,45-46H2,1-6H3. The highest BCUT2D eigenvalue weighted by Crippen LogP contribution is 2.53. The molecule has 0 atom stereocenters. The Balaban J connectivity index is 1.30. The van der Waals surface area contributed by atoms with Gasteiger partial charge < -0.3 is 0 Å². The van der Waals surface area contributed by atoms with E-state index in [1.54, 1.807) is 0 Å². The van der Waals surface area contributed by atoms with E-state index in [1.165, 1.54) is 222 Å². The predicted octanol–water partition coefficient (Wildman–Crippen LogP) is 22.8. The molecule has 72 heavy (non-hydrogen) atoms. The Morgan fingerprint density at radius 2 is 0.556 bits per heavy atom. The van der Waals surface area contributed by atoms with Crippen LogP contribution in [0.15, 0.2) is 146 Å². The molecule has 11 rings (SSSR count). The molecule has 0 aromatic heterocycles. The molecule has 0 spiro atoms. The average Bonchev–Trinajstić information content (AvgIpc) is 3.44. The SMILES string of the molecule is CCCCCCCCC(CC)(CC)c1ccc2c(ccc3c4ccccc4c4c(c5cc(C(CC)(CC)CCCCCCCC)ccc5c5c6c7ccccc7c7ccccc7c6c6ccccc6c45)c23)c1. The molecular formula is C72H78. The van der Waals surface area contributed by atoms with Crippen LogP contribution in [0.4, 0.5) is 0 Å². The van der Waals surface area contributed by atoms with Crippen LogP contribution in [-0.2, 0) is 10.8 Å². The highest BCUT2D eigenvalue weighted by molar-refractivity contribution is 6.51. The summed E-state index contributed by atoms with van der Waals surface area (Å²) in [6.45, 7) is 14.5. The Bertz CT molecular complexity index is 3780. The normalized spacial score (nSPS) is 12.8. The fraction of sp³-hybridized carbons (Fsp3) is 0.361. The summed E-state index contributed by atoms with van der Waals surface area (Å²) in [5.41, 5.74) is 3.34. The topological polar surface area (TPSA) is 0 Å². The van der Waals surface area contributed by atoms with Gasteiger partial charge in [-0.15, -0.1) is 0 Å². The molecule has 366 valence electrons. The van der Waals surface area contributed by atoms with Crippen molar-refractivity contribution < 1.29 is 0 Å². The molecule has 0 heterocycles. The molecule has 0 saturated heterocycles. The third-order valence-corrected chi connectivity index (χ3v) is 18.7. The van der Waals surface area contributed by atoms with Crippen LogP contribution in [0.2, 0.25) is 0 Å². The van der Waals surface area contributed by atoms with Crippen molar-refractivity contribution in [2.24, 2.45) is 0 Å². The lowest BCUT2D eigenvalue weighted by molar-refractivity contribution is 0.348. The summed E-state index contributed by atoms with van der Waals surface area (Å²) in [6, 6.07) is 57.9. The van der Waals surface area contributed by atoms with Crippen LogP contribution in [-0.4, -0.2) is 0 Å². The van der Waals surface area contributed by atoms with Crippen LogP contribution in [0, 0.1) is 0 Å². The van der Waals surface area contributed by atoms with Gasteiger partial charge in [0.25, 0.3) is 0 Å². The van der Waals surface area contributed by atoms with E-state index in [2.05, 4.69) is 187 Å². The van der Waals surface area contributed by atoms with Crippen molar-refractivity contribution in [2.75, 3.05) is 0 Å². The minimum Gasteiger partial charge on any atom is -0.0654 e. The average molecular weight is 943 g/mol. The van der Waals surface area contributed by atoms with Crippen molar-refractivity contribution in [1.29, 1.82) is 0 Å². The Kier molecular flexibility index (Phi) is 13.7. The molecule has 0 fully saturated rings. The second-order valence-corrected chi connectivity index (χ2v) is 22.1. The lowest BCUT2D eigenvalue weighted by Crippen LogP contribution is -2.24. The van der Waals surface area contributed by atoms with Crippen LogP contribution in [0.25, 0.3) is 108 Å². The van der Waals surface area contributed by atoms with Gasteiger partial charge >= 0.3 is 0 Å². The van der Waals surface area contributed by atoms with Crippen molar-refractivity contribution >= 4 is 108 Å². The first kappa shape index (κ1) is 48.3. The van der Waals surface area contributed by atoms with Crippen molar-refractivity contribution in [1.82, 2.24) is 0 Å². The van der Waals surface area contributed by atoms with Gasteiger partial charge in [-0.3, -0.25) is 0 Å². The highest BCUT2D eigenvalue weighted by Gasteiger charge is 2.31. The summed E-state index contributed by atoms with van der Waals surface area (Å²) in [5.74, 6) is 0. The second kappa shape index (κ2) is 20.5. The van der Waals surface area contributed by atoms with Gasteiger partial charge in [0.1, 0.15) is 0 Å². The van der Waals surface area contributed by atoms with Gasteiger partial charge in [0.2, 0.25) is 0 Å². The number of benzene rings is 11. The van der Waals surface area contributed by atoms with E-state index in [0.29, 0.717) is 0 Å². The maximum Gasteiger partial charge on any atom is -0.000718 e. The monoisotopic (exact) mass is 943 g/mol. The fourth-order valence-corrected chi connectivity index (χ4v) is 14.4. The van der Waals surface area contributed by atoms with Gasteiger partial charge in [0.15, 0.2) is 0 Å². The van der Waals surface area contributed by atoms with Gasteiger partial charge in [0, 0.05) is 0 Å². The Morgan fingerprint density at radius 3 is 1.04 bits per heavy atom. The lowest BCUT2D eigenvalue weighted by atomic mass is 9.71. The summed E-state index contributed by atoms with van der Waals surface area (Å²) in [7, 11) is 0. The maximum atomic E-state index is 2.73. The third-order valence-electron chi connectivity index (χ3n) is 18.7. The quantitative estimate of drug-likeness (QED) is 0.0528. The van der Waals surface area contributed by atoms with Crippen molar-refractivity contribution in [3.05, 3.63) is 157 Å². The van der Waals surface area contributed by atoms with Gasteiger partial charge in [-0.25, -0.2) is 0 Å². The maximum absolute atomic E-state index is 2.73. The summed E-state index contributed by atoms with van der Waals surface area (Å²) >= 11 is 0. The van der Waals surface area contributed by atoms with Crippen LogP contribution < -0.4 is 0 Å². The van der Waals surface area contributed by atoms with Gasteiger partial charge in [-0.1, -0.05) is 258 Å². The van der Waals surface area contributed by atoms with Crippen LogP contribution in [0.5, 0.6) is 0 Å². The van der Waals surface area contributed by atoms with E-state index in [1.807, 2.05) is 0 Å². The lowest BCUT2D eigenvalue weighted by Gasteiger charge is -2.33. The molecule has 0 aliphatic carbocycles. The van der Waals surface area contributed by atoms with Crippen LogP contribution in [0.3, 0.4) is 0 Å². The molecule has 0 aliphatic rings. The zero-order valence-corrected chi connectivity index (χ0v) is 44.6. The molecule has 11 aromatic carbocycles. The summed E-state index contributed by atoms with van der Waals surface area (Å²) < 4.78 is 0. The largest absolute Gasteiger partial charge is 0.0654 e. The molecule has 0 nitrogen and oxygen atoms in total. The summed E-state index contributed by atoms with van der Waals surface area (Å²) in [4.78, 5) is 0. The first-order valence-electron chi connectivity index (χ1n) is 28.8. The number of hydrogen-bond donors (Lipinski definition) is 0. The smallest absolute Gasteiger partial charge is 0.000718 e. The van der Waals surface area contributed by atoms with Crippen molar-refractivity contribution in [3.63, 3.8) is 0 Å². The number of unbranched alkanes of at least 4 members (excludes halogenated alkanes) is 10. The molecule has 0 radical (unpaired) electrons. The van der Waals surface area contributed by atoms with Crippen LogP contribution in [0.1, 0.15) is 168 Å². The molecule has 0 bridgehead atoms. The van der Waals surface area contributed by atoms with Crippen LogP contribution >= 0.6 is 0 Å². The molecule has 0 saturated carbocycles. The molecule has 0 unspecified atom stereocenters. The molecule has 11 aromatic rings. The molecule has 0 N–H and O–H groups in total. The highest BCUT2D eigenvalue weighted by atomic mass is 14.4. The molecular weight excluding hydrogens is 865 g/mol. The first-order chi connectivity index (χ1) is 35.5.